The van der Waals surface area contributed by atoms with Gasteiger partial charge in [0.15, 0.2) is 0 Å². The molecule has 8 heteroatoms. The topological polar surface area (TPSA) is 85.3 Å². The minimum absolute atomic E-state index is 0.359. The molecule has 1 atom stereocenters. The van der Waals surface area contributed by atoms with Gasteiger partial charge in [0.25, 0.3) is 0 Å². The van der Waals surface area contributed by atoms with Crippen molar-refractivity contribution >= 4 is 5.84 Å². The van der Waals surface area contributed by atoms with Crippen LogP contribution in [0.4, 0.5) is 0 Å². The summed E-state index contributed by atoms with van der Waals surface area (Å²) in [4.78, 5) is 2.28. The fraction of sp³-hybridized carbons (Fsp3) is 0.273. The molecule has 30 heavy (non-hydrogen) atoms. The number of rotatable bonds is 6. The number of nitrogens with zero attached hydrogens (tertiary/aromatic N) is 6. The molecule has 2 N–H and O–H groups in total. The van der Waals surface area contributed by atoms with Crippen molar-refractivity contribution in [3.8, 4) is 22.5 Å². The number of likely N-dealkylation sites (N-methyl/N-ethyl adjacent to an activating group) is 1. The van der Waals surface area contributed by atoms with Gasteiger partial charge in [-0.1, -0.05) is 55.5 Å². The van der Waals surface area contributed by atoms with Crippen molar-refractivity contribution in [1.29, 1.82) is 0 Å². The number of benzene rings is 2. The normalized spacial score (nSPS) is 17.9. The summed E-state index contributed by atoms with van der Waals surface area (Å²) in [6, 6.07) is 17.1. The van der Waals surface area contributed by atoms with Crippen molar-refractivity contribution in [2.45, 2.75) is 32.7 Å². The third-order valence-electron chi connectivity index (χ3n) is 5.56. The molecule has 0 fully saturated rings. The molecule has 0 bridgehead atoms. The van der Waals surface area contributed by atoms with Crippen molar-refractivity contribution in [2.75, 3.05) is 6.54 Å². The van der Waals surface area contributed by atoms with Crippen molar-refractivity contribution in [3.05, 3.63) is 66.0 Å². The molecule has 5 rings (SSSR count). The van der Waals surface area contributed by atoms with E-state index in [0.29, 0.717) is 11.9 Å². The van der Waals surface area contributed by atoms with Crippen molar-refractivity contribution in [3.63, 3.8) is 0 Å². The average Bonchev–Trinajstić information content (AvgIpc) is 3.51. The molecule has 1 aromatic heterocycles. The fourth-order valence-corrected chi connectivity index (χ4v) is 3.97. The molecule has 8 nitrogen and oxygen atoms in total. The molecule has 1 unspecified atom stereocenters. The molecule has 0 spiro atoms. The molecule has 0 saturated heterocycles. The van der Waals surface area contributed by atoms with Crippen LogP contribution >= 0.6 is 0 Å². The van der Waals surface area contributed by atoms with Crippen LogP contribution in [0.1, 0.15) is 25.8 Å². The van der Waals surface area contributed by atoms with E-state index >= 15 is 0 Å². The van der Waals surface area contributed by atoms with Crippen LogP contribution in [-0.2, 0) is 6.42 Å². The van der Waals surface area contributed by atoms with E-state index in [0.717, 1.165) is 47.7 Å². The SMILES string of the molecule is CCC1C=C2N(N=C(Cc3ccc(-c4ccccc4-c4nn[nH]n4)cc3)N2CC)N1. The van der Waals surface area contributed by atoms with Gasteiger partial charge in [-0.15, -0.1) is 15.3 Å². The maximum Gasteiger partial charge on any atom is 0.205 e. The van der Waals surface area contributed by atoms with E-state index < -0.39 is 0 Å². The third kappa shape index (κ3) is 3.25. The van der Waals surface area contributed by atoms with Crippen molar-refractivity contribution in [2.24, 2.45) is 5.10 Å². The largest absolute Gasteiger partial charge is 0.312 e. The highest BCUT2D eigenvalue weighted by molar-refractivity contribution is 5.88. The quantitative estimate of drug-likeness (QED) is 0.661. The Balaban J connectivity index is 1.37. The zero-order chi connectivity index (χ0) is 20.5. The van der Waals surface area contributed by atoms with Crippen molar-refractivity contribution in [1.82, 2.24) is 36.1 Å². The second-order valence-corrected chi connectivity index (χ2v) is 7.40. The van der Waals surface area contributed by atoms with Crippen LogP contribution in [0.25, 0.3) is 22.5 Å². The van der Waals surface area contributed by atoms with Gasteiger partial charge in [0.2, 0.25) is 5.82 Å². The predicted molar refractivity (Wildman–Crippen MR) is 116 cm³/mol. The minimum Gasteiger partial charge on any atom is -0.312 e. The van der Waals surface area contributed by atoms with E-state index in [2.05, 4.69) is 81.2 Å². The lowest BCUT2D eigenvalue weighted by molar-refractivity contribution is 0.247. The van der Waals surface area contributed by atoms with Crippen LogP contribution in [0.5, 0.6) is 0 Å². The maximum absolute atomic E-state index is 4.79. The minimum atomic E-state index is 0.359. The maximum atomic E-state index is 4.79. The summed E-state index contributed by atoms with van der Waals surface area (Å²) in [5, 5.41) is 21.2. The zero-order valence-corrected chi connectivity index (χ0v) is 17.1. The molecule has 3 heterocycles. The Morgan fingerprint density at radius 3 is 2.50 bits per heavy atom. The standard InChI is InChI=1S/C22H24N8/c1-3-17-14-21-29(4-2)20(26-30(21)25-17)13-15-9-11-16(12-10-15)18-7-5-6-8-19(18)22-23-27-28-24-22/h5-12,14,17,25H,3-4,13H2,1-2H3,(H,23,24,27,28). The van der Waals surface area contributed by atoms with Crippen LogP contribution in [0, 0.1) is 0 Å². The van der Waals surface area contributed by atoms with E-state index in [1.54, 1.807) is 0 Å². The number of fused-ring (bicyclic) bond motifs is 1. The summed E-state index contributed by atoms with van der Waals surface area (Å²) in [6.07, 6.45) is 4.10. The summed E-state index contributed by atoms with van der Waals surface area (Å²) < 4.78 is 0. The van der Waals surface area contributed by atoms with Gasteiger partial charge in [-0.25, -0.2) is 5.43 Å². The first-order valence-corrected chi connectivity index (χ1v) is 10.3. The van der Waals surface area contributed by atoms with Crippen molar-refractivity contribution < 1.29 is 0 Å². The fourth-order valence-electron chi connectivity index (χ4n) is 3.97. The summed E-state index contributed by atoms with van der Waals surface area (Å²) >= 11 is 0. The van der Waals surface area contributed by atoms with Gasteiger partial charge in [-0.3, -0.25) is 0 Å². The molecular weight excluding hydrogens is 376 g/mol. The number of hydrogen-bond donors (Lipinski definition) is 2. The monoisotopic (exact) mass is 400 g/mol. The Labute approximate surface area is 175 Å². The first kappa shape index (κ1) is 18.5. The predicted octanol–water partition coefficient (Wildman–Crippen LogP) is 3.17. The second-order valence-electron chi connectivity index (χ2n) is 7.40. The van der Waals surface area contributed by atoms with Crippen LogP contribution in [0.2, 0.25) is 0 Å². The number of H-pyrrole nitrogens is 1. The smallest absolute Gasteiger partial charge is 0.205 e. The number of aromatic nitrogens is 4. The molecule has 0 aliphatic carbocycles. The number of aromatic amines is 1. The number of nitrogens with one attached hydrogen (secondary N) is 2. The van der Waals surface area contributed by atoms with E-state index in [1.807, 2.05) is 23.3 Å². The lowest BCUT2D eigenvalue weighted by atomic mass is 9.97. The highest BCUT2D eigenvalue weighted by Crippen LogP contribution is 2.30. The van der Waals surface area contributed by atoms with Crippen LogP contribution in [0.15, 0.2) is 65.5 Å². The van der Waals surface area contributed by atoms with E-state index in [-0.39, 0.29) is 0 Å². The number of amidine groups is 1. The molecule has 2 aliphatic heterocycles. The third-order valence-corrected chi connectivity index (χ3v) is 5.56. The number of hydrazone groups is 1. The summed E-state index contributed by atoms with van der Waals surface area (Å²) in [5.41, 5.74) is 7.81. The first-order chi connectivity index (χ1) is 14.8. The molecule has 2 aromatic carbocycles. The lowest BCUT2D eigenvalue weighted by Crippen LogP contribution is -2.33. The molecule has 3 aromatic rings. The van der Waals surface area contributed by atoms with Gasteiger partial charge in [-0.05, 0) is 41.3 Å². The van der Waals surface area contributed by atoms with Gasteiger partial charge in [-0.2, -0.15) is 10.3 Å². The van der Waals surface area contributed by atoms with Gasteiger partial charge in [0.1, 0.15) is 11.7 Å². The molecule has 0 saturated carbocycles. The number of tetrazole rings is 1. The summed E-state index contributed by atoms with van der Waals surface area (Å²) in [6.45, 7) is 5.24. The first-order valence-electron chi connectivity index (χ1n) is 10.3. The second kappa shape index (κ2) is 7.72. The Hall–Kier alpha value is -3.52. The average molecular weight is 400 g/mol. The molecule has 0 radical (unpaired) electrons. The highest BCUT2D eigenvalue weighted by Gasteiger charge is 2.33. The van der Waals surface area contributed by atoms with Crippen LogP contribution < -0.4 is 5.43 Å². The molecule has 152 valence electrons. The molecular formula is C22H24N8. The summed E-state index contributed by atoms with van der Waals surface area (Å²) in [5.74, 6) is 2.80. The van der Waals surface area contributed by atoms with Gasteiger partial charge < -0.3 is 4.90 Å². The van der Waals surface area contributed by atoms with Gasteiger partial charge in [0.05, 0.1) is 0 Å². The summed E-state index contributed by atoms with van der Waals surface area (Å²) in [7, 11) is 0. The van der Waals surface area contributed by atoms with E-state index in [1.165, 1.54) is 5.56 Å². The van der Waals surface area contributed by atoms with E-state index in [4.69, 9.17) is 5.10 Å². The Bertz CT molecular complexity index is 1080. The van der Waals surface area contributed by atoms with Gasteiger partial charge >= 0.3 is 0 Å². The molecule has 0 amide bonds. The molecule has 2 aliphatic rings. The number of hydrogen-bond acceptors (Lipinski definition) is 7. The zero-order valence-electron chi connectivity index (χ0n) is 17.1. The Morgan fingerprint density at radius 2 is 1.80 bits per heavy atom. The van der Waals surface area contributed by atoms with Gasteiger partial charge in [0, 0.05) is 24.6 Å². The Kier molecular flexibility index (Phi) is 4.76. The van der Waals surface area contributed by atoms with E-state index in [9.17, 15) is 0 Å². The highest BCUT2D eigenvalue weighted by atomic mass is 15.8. The lowest BCUT2D eigenvalue weighted by Gasteiger charge is -2.19. The van der Waals surface area contributed by atoms with Crippen LogP contribution in [0.3, 0.4) is 0 Å². The van der Waals surface area contributed by atoms with Crippen LogP contribution in [-0.4, -0.2) is 49.1 Å². The number of hydrazine groups is 1. The Morgan fingerprint density at radius 1 is 1.00 bits per heavy atom.